The molecule has 0 aromatic rings. The Bertz CT molecular complexity index is 117. The Balaban J connectivity index is 4.02. The molecule has 0 aliphatic carbocycles. The third-order valence-electron chi connectivity index (χ3n) is 0.344. The van der Waals surface area contributed by atoms with Crippen LogP contribution in [0.5, 0.6) is 0 Å². The summed E-state index contributed by atoms with van der Waals surface area (Å²) < 4.78 is 32.7. The molecule has 46 valence electrons. The van der Waals surface area contributed by atoms with Crippen molar-refractivity contribution in [2.24, 2.45) is 5.11 Å². The molecule has 0 bridgehead atoms. The van der Waals surface area contributed by atoms with Crippen molar-refractivity contribution in [3.8, 4) is 0 Å². The molecule has 0 saturated carbocycles. The van der Waals surface area contributed by atoms with Crippen molar-refractivity contribution in [3.63, 3.8) is 0 Å². The summed E-state index contributed by atoms with van der Waals surface area (Å²) in [5.74, 6) is -2.38. The number of hydrogen-bond acceptors (Lipinski definition) is 2. The van der Waals surface area contributed by atoms with E-state index in [4.69, 9.17) is 5.53 Å². The van der Waals surface area contributed by atoms with Gasteiger partial charge in [-0.3, -0.25) is 4.79 Å². The highest BCUT2D eigenvalue weighted by molar-refractivity contribution is 5.81. The lowest BCUT2D eigenvalue weighted by Crippen LogP contribution is -2.19. The molecular weight excluding hydrogens is 125 g/mol. The van der Waals surface area contributed by atoms with Gasteiger partial charge in [-0.05, 0) is 0 Å². The van der Waals surface area contributed by atoms with E-state index in [1.54, 1.807) is 5.11 Å². The van der Waals surface area contributed by atoms with Crippen LogP contribution in [0.1, 0.15) is 0 Å². The first-order chi connectivity index (χ1) is 3.48. The molecule has 6 heteroatoms. The van der Waals surface area contributed by atoms with Gasteiger partial charge in [0.05, 0.1) is 0 Å². The van der Waals surface area contributed by atoms with E-state index in [9.17, 15) is 18.0 Å². The molecule has 1 amide bonds. The Morgan fingerprint density at radius 1 is 1.50 bits per heavy atom. The van der Waals surface area contributed by atoms with E-state index in [1.807, 2.05) is 0 Å². The van der Waals surface area contributed by atoms with Crippen LogP contribution in [0.25, 0.3) is 0 Å². The van der Waals surface area contributed by atoms with Crippen molar-refractivity contribution in [3.05, 3.63) is 0 Å². The highest BCUT2D eigenvalue weighted by Crippen LogP contribution is 2.15. The molecule has 0 radical (unpaired) electrons. The van der Waals surface area contributed by atoms with Crippen molar-refractivity contribution < 1.29 is 18.0 Å². The van der Waals surface area contributed by atoms with E-state index in [0.29, 0.717) is 0 Å². The van der Waals surface area contributed by atoms with E-state index in [0.717, 1.165) is 0 Å². The molecule has 0 unspecified atom stereocenters. The Kier molecular flexibility index (Phi) is 1.67. The molecule has 0 fully saturated rings. The van der Waals surface area contributed by atoms with Gasteiger partial charge in [0, 0.05) is 0 Å². The summed E-state index contributed by atoms with van der Waals surface area (Å²) in [4.78, 5) is 9.35. The van der Waals surface area contributed by atoms with Crippen LogP contribution < -0.4 is 0 Å². The third kappa shape index (κ3) is 1.67. The molecule has 0 spiro atoms. The van der Waals surface area contributed by atoms with E-state index >= 15 is 0 Å². The predicted octanol–water partition coefficient (Wildman–Crippen LogP) is 1.11. The summed E-state index contributed by atoms with van der Waals surface area (Å²) in [6.45, 7) is 0. The van der Waals surface area contributed by atoms with E-state index in [1.165, 1.54) is 0 Å². The highest BCUT2D eigenvalue weighted by Gasteiger charge is 2.38. The standard InChI is InChI=1S/C2HF3N2O/c3-2(4,5)1(8)7-6/h6H. The topological polar surface area (TPSA) is 53.3 Å². The maximum Gasteiger partial charge on any atom is 0.475 e. The van der Waals surface area contributed by atoms with E-state index in [-0.39, 0.29) is 0 Å². The van der Waals surface area contributed by atoms with Gasteiger partial charge in [-0.2, -0.15) is 13.2 Å². The van der Waals surface area contributed by atoms with Gasteiger partial charge in [0.15, 0.2) is 0 Å². The first kappa shape index (κ1) is 7.06. The summed E-state index contributed by atoms with van der Waals surface area (Å²) >= 11 is 0. The van der Waals surface area contributed by atoms with Crippen LogP contribution in [0.15, 0.2) is 5.11 Å². The second-order valence-electron chi connectivity index (χ2n) is 0.915. The molecule has 0 aliphatic heterocycles. The van der Waals surface area contributed by atoms with Crippen LogP contribution in [0.2, 0.25) is 0 Å². The zero-order valence-electron chi connectivity index (χ0n) is 3.49. The van der Waals surface area contributed by atoms with Crippen LogP contribution in [-0.2, 0) is 4.79 Å². The summed E-state index contributed by atoms with van der Waals surface area (Å²) in [6.07, 6.45) is -4.98. The zero-order valence-corrected chi connectivity index (χ0v) is 3.49. The fourth-order valence-electron chi connectivity index (χ4n) is 0.0634. The predicted molar refractivity (Wildman–Crippen MR) is 16.2 cm³/mol. The van der Waals surface area contributed by atoms with Crippen molar-refractivity contribution in [1.82, 2.24) is 0 Å². The van der Waals surface area contributed by atoms with Crippen LogP contribution in [0.4, 0.5) is 13.2 Å². The van der Waals surface area contributed by atoms with Crippen molar-refractivity contribution >= 4 is 5.91 Å². The minimum atomic E-state index is -4.98. The average Bonchev–Trinajstić information content (AvgIpc) is 1.62. The van der Waals surface area contributed by atoms with Gasteiger partial charge in [-0.15, -0.1) is 5.11 Å². The summed E-state index contributed by atoms with van der Waals surface area (Å²) in [7, 11) is 0. The number of rotatable bonds is 0. The number of nitrogens with one attached hydrogen (secondary N) is 1. The molecule has 0 aliphatic rings. The average molecular weight is 126 g/mol. The molecule has 0 heterocycles. The number of nitrogens with zero attached hydrogens (tertiary/aromatic N) is 1. The highest BCUT2D eigenvalue weighted by atomic mass is 19.4. The maximum absolute atomic E-state index is 10.9. The molecule has 0 aromatic heterocycles. The van der Waals surface area contributed by atoms with Gasteiger partial charge >= 0.3 is 12.1 Å². The molecule has 1 N–H and O–H groups in total. The van der Waals surface area contributed by atoms with Crippen molar-refractivity contribution in [2.45, 2.75) is 6.18 Å². The molecule has 0 rings (SSSR count). The largest absolute Gasteiger partial charge is 0.475 e. The minimum absolute atomic E-state index is 1.65. The third-order valence-corrected chi connectivity index (χ3v) is 0.344. The molecule has 3 nitrogen and oxygen atoms in total. The second-order valence-corrected chi connectivity index (χ2v) is 0.915. The maximum atomic E-state index is 10.9. The lowest BCUT2D eigenvalue weighted by atomic mass is 10.6. The minimum Gasteiger partial charge on any atom is -0.260 e. The quantitative estimate of drug-likeness (QED) is 0.485. The van der Waals surface area contributed by atoms with Crippen LogP contribution in [0.3, 0.4) is 0 Å². The molecule has 0 aromatic carbocycles. The van der Waals surface area contributed by atoms with Crippen LogP contribution in [0, 0.1) is 5.53 Å². The van der Waals surface area contributed by atoms with Crippen LogP contribution in [-0.4, -0.2) is 12.1 Å². The molecule has 0 saturated heterocycles. The summed E-state index contributed by atoms with van der Waals surface area (Å²) in [5.41, 5.74) is 5.62. The van der Waals surface area contributed by atoms with Crippen molar-refractivity contribution in [2.75, 3.05) is 0 Å². The monoisotopic (exact) mass is 126 g/mol. The number of alkyl halides is 3. The van der Waals surface area contributed by atoms with Crippen LogP contribution >= 0.6 is 0 Å². The lowest BCUT2D eigenvalue weighted by molar-refractivity contribution is -0.170. The van der Waals surface area contributed by atoms with Crippen molar-refractivity contribution in [1.29, 1.82) is 5.53 Å². The summed E-state index contributed by atoms with van der Waals surface area (Å²) in [5, 5.41) is 1.65. The number of halogens is 3. The van der Waals surface area contributed by atoms with Gasteiger partial charge in [-0.25, -0.2) is 5.53 Å². The van der Waals surface area contributed by atoms with Gasteiger partial charge < -0.3 is 0 Å². The zero-order chi connectivity index (χ0) is 6.78. The first-order valence-corrected chi connectivity index (χ1v) is 1.47. The Hall–Kier alpha value is -0.940. The van der Waals surface area contributed by atoms with Gasteiger partial charge in [0.25, 0.3) is 0 Å². The van der Waals surface area contributed by atoms with Gasteiger partial charge in [0.2, 0.25) is 0 Å². The Morgan fingerprint density at radius 2 is 1.88 bits per heavy atom. The lowest BCUT2D eigenvalue weighted by Gasteiger charge is -1.94. The van der Waals surface area contributed by atoms with Gasteiger partial charge in [-0.1, -0.05) is 0 Å². The Labute approximate surface area is 42.0 Å². The SMILES string of the molecule is N=NC(=O)C(F)(F)F. The fraction of sp³-hybridized carbons (Fsp3) is 0.500. The normalized spacial score (nSPS) is 10.9. The number of amides is 1. The molecule has 0 atom stereocenters. The smallest absolute Gasteiger partial charge is 0.260 e. The first-order valence-electron chi connectivity index (χ1n) is 1.47. The number of carbonyl (C=O) groups excluding carboxylic acids is 1. The second kappa shape index (κ2) is 1.89. The Morgan fingerprint density at radius 3 is 1.88 bits per heavy atom. The van der Waals surface area contributed by atoms with E-state index in [2.05, 4.69) is 0 Å². The summed E-state index contributed by atoms with van der Waals surface area (Å²) in [6, 6.07) is 0. The molecule has 8 heavy (non-hydrogen) atoms. The fourth-order valence-corrected chi connectivity index (χ4v) is 0.0634. The van der Waals surface area contributed by atoms with E-state index < -0.39 is 12.1 Å². The number of hydrogen-bond donors (Lipinski definition) is 1. The van der Waals surface area contributed by atoms with Gasteiger partial charge in [0.1, 0.15) is 0 Å². The molecular formula is C2HF3N2O. The number of carbonyl (C=O) groups is 1.